The van der Waals surface area contributed by atoms with Gasteiger partial charge < -0.3 is 0 Å². The van der Waals surface area contributed by atoms with Gasteiger partial charge in [0.05, 0.1) is 0 Å². The SMILES string of the molecule is N#[C][Fe-4]([C]#N)([C]#N)([C]#N)([C]#N)[C]#N.N#[C][Fe-4]([C]#N)([C]#N)([C]#N)([C]#N)[C]#N.N#[C][Fe-4]([C]#N)([C]#N)([C]#N)([C]#N)[C]#N.[Al+3].[Al+3].[Al+3].[Al+3]. The van der Waals surface area contributed by atoms with Gasteiger partial charge in [-0.25, -0.2) is 0 Å². The molecule has 0 saturated heterocycles. The summed E-state index contributed by atoms with van der Waals surface area (Å²) in [7, 11) is -18.5. The fourth-order valence-electron chi connectivity index (χ4n) is 0.795. The first-order valence-corrected chi connectivity index (χ1v) is 17.1. The standard InChI is InChI=1S/18CN.4Al.3Fe/c18*1-2;;;;;;;/q;;;;;;;;;;;;;;;;;;4*+3;3*-4. The van der Waals surface area contributed by atoms with Crippen LogP contribution in [0.4, 0.5) is 0 Å². The molecule has 18 nitrogen and oxygen atoms in total. The van der Waals surface area contributed by atoms with Gasteiger partial charge in [-0.1, -0.05) is 0 Å². The molecule has 0 aromatic rings. The van der Waals surface area contributed by atoms with Crippen molar-refractivity contribution in [2.24, 2.45) is 0 Å². The van der Waals surface area contributed by atoms with E-state index in [1.54, 1.807) is 0 Å². The summed E-state index contributed by atoms with van der Waals surface area (Å²) >= 11 is 0. The quantitative estimate of drug-likeness (QED) is 0.262. The summed E-state index contributed by atoms with van der Waals surface area (Å²) in [5.74, 6) is 0. The average molecular weight is 744 g/mol. The van der Waals surface area contributed by atoms with Crippen molar-refractivity contribution in [2.75, 3.05) is 0 Å². The van der Waals surface area contributed by atoms with Crippen molar-refractivity contribution in [3.63, 3.8) is 0 Å². The van der Waals surface area contributed by atoms with E-state index in [2.05, 4.69) is 0 Å². The molecular formula is C18Al4Fe3N18. The van der Waals surface area contributed by atoms with Crippen LogP contribution in [-0.4, -0.2) is 69.4 Å². The van der Waals surface area contributed by atoms with Gasteiger partial charge in [-0.15, -0.1) is 0 Å². The third-order valence-corrected chi connectivity index (χ3v) is 14.7. The summed E-state index contributed by atoms with van der Waals surface area (Å²) < 4.78 is 0. The Balaban J connectivity index is -0.0000000864. The molecule has 43 heavy (non-hydrogen) atoms. The van der Waals surface area contributed by atoms with Crippen LogP contribution in [0.2, 0.25) is 0 Å². The number of hydrogen-bond acceptors (Lipinski definition) is 18. The van der Waals surface area contributed by atoms with E-state index < -0.39 is 32.2 Å². The van der Waals surface area contributed by atoms with Crippen LogP contribution >= 0.6 is 0 Å². The molecule has 0 fully saturated rings. The number of nitrogens with zero attached hydrogens (tertiary/aromatic N) is 18. The van der Waals surface area contributed by atoms with E-state index in [-0.39, 0.29) is 69.4 Å². The normalized spacial score (nSPS) is 12.1. The van der Waals surface area contributed by atoms with Crippen LogP contribution in [0.1, 0.15) is 0 Å². The third kappa shape index (κ3) is 6.09. The molecule has 0 aliphatic rings. The van der Waals surface area contributed by atoms with E-state index in [9.17, 15) is 0 Å². The fourth-order valence-corrected chi connectivity index (χ4v) is 3.28. The zero-order valence-corrected chi connectivity index (χ0v) is 28.4. The summed E-state index contributed by atoms with van der Waals surface area (Å²) in [6.45, 7) is 0. The van der Waals surface area contributed by atoms with E-state index >= 15 is 0 Å². The molecule has 0 bridgehead atoms. The van der Waals surface area contributed by atoms with Crippen molar-refractivity contribution in [3.8, 4) is 89.4 Å². The molecule has 0 rings (SSSR count). The molecule has 0 aromatic heterocycles. The first-order valence-electron chi connectivity index (χ1n) is 7.21. The van der Waals surface area contributed by atoms with Gasteiger partial charge in [0.1, 0.15) is 0 Å². The van der Waals surface area contributed by atoms with Gasteiger partial charge in [0, 0.05) is 0 Å². The van der Waals surface area contributed by atoms with Gasteiger partial charge in [-0.2, -0.15) is 0 Å². The molecule has 0 aromatic carbocycles. The minimum atomic E-state index is -6.17. The van der Waals surface area contributed by atoms with Gasteiger partial charge in [0.2, 0.25) is 0 Å². The predicted molar refractivity (Wildman–Crippen MR) is 124 cm³/mol. The number of rotatable bonds is 0. The maximum Gasteiger partial charge on any atom is 3.00 e. The molecule has 0 saturated carbocycles. The Bertz CT molecular complexity index is 1420. The first-order chi connectivity index (χ1) is 17.9. The zero-order valence-electron chi connectivity index (χ0n) is 20.4. The van der Waals surface area contributed by atoms with Crippen LogP contribution < -0.4 is 0 Å². The summed E-state index contributed by atoms with van der Waals surface area (Å²) in [6.07, 6.45) is 0. The van der Waals surface area contributed by atoms with Crippen LogP contribution in [0, 0.1) is 184 Å². The maximum absolute atomic E-state index is 8.58. The molecular weight excluding hydrogens is 744 g/mol. The molecule has 25 heteroatoms. The molecule has 0 atom stereocenters. The monoisotopic (exact) mass is 744 g/mol. The largest absolute Gasteiger partial charge is 3.00 e. The smallest absolute Gasteiger partial charge is 3.00 e. The van der Waals surface area contributed by atoms with Crippen molar-refractivity contribution in [3.05, 3.63) is 0 Å². The molecule has 0 amide bonds. The van der Waals surface area contributed by atoms with E-state index in [0.717, 1.165) is 89.4 Å². The summed E-state index contributed by atoms with van der Waals surface area (Å²) in [4.78, 5) is 18.6. The second kappa shape index (κ2) is 13.9. The van der Waals surface area contributed by atoms with E-state index in [4.69, 9.17) is 94.7 Å². The predicted octanol–water partition coefficient (Wildman–Crippen LogP) is -1.23. The van der Waals surface area contributed by atoms with Gasteiger partial charge >= 0.3 is 286 Å². The topological polar surface area (TPSA) is 428 Å². The Morgan fingerprint density at radius 1 is 0.163 bits per heavy atom. The molecule has 0 aliphatic heterocycles. The third-order valence-electron chi connectivity index (χ3n) is 3.56. The Hall–Kier alpha value is -5.49. The fraction of sp³-hybridized carbons (Fsp3) is 0. The Morgan fingerprint density at radius 3 is 0.209 bits per heavy atom. The minimum Gasteiger partial charge on any atom is 3.00 e. The van der Waals surface area contributed by atoms with Crippen molar-refractivity contribution in [1.82, 2.24) is 0 Å². The van der Waals surface area contributed by atoms with Crippen LogP contribution in [0.25, 0.3) is 0 Å². The zero-order chi connectivity index (χ0) is 32.0. The molecule has 0 spiro atoms. The van der Waals surface area contributed by atoms with E-state index in [0.29, 0.717) is 0 Å². The second-order valence-corrected chi connectivity index (χ2v) is 22.3. The second-order valence-electron chi connectivity index (χ2n) is 5.40. The molecule has 198 valence electrons. The summed E-state index contributed by atoms with van der Waals surface area (Å²) in [5, 5.41) is 154. The number of nitriles is 18. The van der Waals surface area contributed by atoms with Gasteiger partial charge in [-0.3, -0.25) is 0 Å². The van der Waals surface area contributed by atoms with Crippen molar-refractivity contribution < 1.29 is 32.2 Å². The number of hydrogen-bond donors (Lipinski definition) is 0. The molecule has 0 heterocycles. The van der Waals surface area contributed by atoms with Crippen LogP contribution in [0.15, 0.2) is 0 Å². The Morgan fingerprint density at radius 2 is 0.209 bits per heavy atom. The van der Waals surface area contributed by atoms with E-state index in [1.165, 1.54) is 0 Å². The maximum atomic E-state index is 8.58. The van der Waals surface area contributed by atoms with Crippen LogP contribution in [0.5, 0.6) is 0 Å². The Kier molecular flexibility index (Phi) is 17.4. The van der Waals surface area contributed by atoms with Crippen molar-refractivity contribution in [2.45, 2.75) is 0 Å². The minimum absolute atomic E-state index is 0. The molecule has 0 unspecified atom stereocenters. The van der Waals surface area contributed by atoms with Crippen LogP contribution in [-0.2, 0) is 32.2 Å². The van der Waals surface area contributed by atoms with Gasteiger partial charge in [0.25, 0.3) is 0 Å². The molecule has 0 aliphatic carbocycles. The van der Waals surface area contributed by atoms with Crippen molar-refractivity contribution in [1.29, 1.82) is 94.7 Å². The summed E-state index contributed by atoms with van der Waals surface area (Å²) in [6, 6.07) is 0. The molecule has 0 radical (unpaired) electrons. The molecule has 0 N–H and O–H groups in total. The average Bonchev–Trinajstić information content (AvgIpc) is 3.06. The van der Waals surface area contributed by atoms with Gasteiger partial charge in [0.15, 0.2) is 0 Å². The van der Waals surface area contributed by atoms with E-state index in [1.807, 2.05) is 0 Å². The first kappa shape index (κ1) is 53.7. The van der Waals surface area contributed by atoms with Crippen molar-refractivity contribution >= 4 is 69.4 Å². The van der Waals surface area contributed by atoms with Crippen LogP contribution in [0.3, 0.4) is 0 Å². The summed E-state index contributed by atoms with van der Waals surface area (Å²) in [5.41, 5.74) is 0. The Labute approximate surface area is 283 Å². The van der Waals surface area contributed by atoms with Gasteiger partial charge in [-0.05, 0) is 0 Å².